The molecule has 7 nitrogen and oxygen atoms in total. The Kier molecular flexibility index (Phi) is 5.14. The first-order chi connectivity index (χ1) is 9.10. The van der Waals surface area contributed by atoms with Gasteiger partial charge in [-0.2, -0.15) is 0 Å². The summed E-state index contributed by atoms with van der Waals surface area (Å²) in [6.07, 6.45) is 0. The number of rotatable bonds is 6. The van der Waals surface area contributed by atoms with Crippen LogP contribution in [0.25, 0.3) is 0 Å². The van der Waals surface area contributed by atoms with Crippen molar-refractivity contribution in [3.63, 3.8) is 0 Å². The molecule has 0 saturated heterocycles. The molecular weight excluding hydrogens is 304 g/mol. The minimum Gasteiger partial charge on any atom is -0.495 e. The van der Waals surface area contributed by atoms with Crippen molar-refractivity contribution in [3.05, 3.63) is 23.8 Å². The molecule has 0 spiro atoms. The number of nitrogens with one attached hydrogen (secondary N) is 1. The lowest BCUT2D eigenvalue weighted by molar-refractivity contribution is 0.402. The fourth-order valence-corrected chi connectivity index (χ4v) is 3.18. The van der Waals surface area contributed by atoms with E-state index in [0.29, 0.717) is 5.56 Å². The lowest BCUT2D eigenvalue weighted by atomic mass is 10.1. The molecule has 0 saturated carbocycles. The van der Waals surface area contributed by atoms with Gasteiger partial charge in [-0.15, -0.1) is 0 Å². The molecule has 0 aromatic heterocycles. The van der Waals surface area contributed by atoms with Crippen molar-refractivity contribution in [2.75, 3.05) is 12.9 Å². The first kappa shape index (κ1) is 16.9. The van der Waals surface area contributed by atoms with Crippen molar-refractivity contribution in [3.8, 4) is 5.75 Å². The smallest absolute Gasteiger partial charge is 0.241 e. The SMILES string of the molecule is CCS(=O)(=O)NC(C)c1ccc(OC)c(S(N)(=O)=O)c1. The van der Waals surface area contributed by atoms with Gasteiger partial charge in [0.05, 0.1) is 12.9 Å². The van der Waals surface area contributed by atoms with Crippen LogP contribution in [0.5, 0.6) is 5.75 Å². The van der Waals surface area contributed by atoms with Gasteiger partial charge in [-0.05, 0) is 31.5 Å². The second-order valence-corrected chi connectivity index (χ2v) is 7.77. The van der Waals surface area contributed by atoms with Crippen LogP contribution < -0.4 is 14.6 Å². The summed E-state index contributed by atoms with van der Waals surface area (Å²) in [5.74, 6) is 0.0528. The molecule has 114 valence electrons. The highest BCUT2D eigenvalue weighted by molar-refractivity contribution is 7.89. The van der Waals surface area contributed by atoms with Crippen LogP contribution >= 0.6 is 0 Å². The van der Waals surface area contributed by atoms with E-state index in [1.807, 2.05) is 0 Å². The molecule has 0 aliphatic carbocycles. The minimum absolute atomic E-state index is 0.0600. The first-order valence-corrected chi connectivity index (χ1v) is 9.01. The molecule has 1 unspecified atom stereocenters. The Bertz CT molecular complexity index is 683. The van der Waals surface area contributed by atoms with E-state index in [1.54, 1.807) is 13.0 Å². The Morgan fingerprint density at radius 3 is 2.35 bits per heavy atom. The Morgan fingerprint density at radius 1 is 1.30 bits per heavy atom. The van der Waals surface area contributed by atoms with Gasteiger partial charge in [0.25, 0.3) is 0 Å². The van der Waals surface area contributed by atoms with E-state index in [9.17, 15) is 16.8 Å². The standard InChI is InChI=1S/C11H18N2O5S2/c1-4-19(14,15)13-8(2)9-5-6-10(18-3)11(7-9)20(12,16)17/h5-8,13H,4H2,1-3H3,(H2,12,16,17). The Hall–Kier alpha value is -1.16. The molecule has 1 rings (SSSR count). The van der Waals surface area contributed by atoms with Crippen molar-refractivity contribution in [2.24, 2.45) is 5.14 Å². The molecular formula is C11H18N2O5S2. The van der Waals surface area contributed by atoms with Gasteiger partial charge < -0.3 is 4.74 Å². The molecule has 0 aliphatic heterocycles. The van der Waals surface area contributed by atoms with Gasteiger partial charge in [0, 0.05) is 6.04 Å². The molecule has 20 heavy (non-hydrogen) atoms. The summed E-state index contributed by atoms with van der Waals surface area (Å²) in [4.78, 5) is -0.181. The van der Waals surface area contributed by atoms with Crippen LogP contribution in [-0.2, 0) is 20.0 Å². The highest BCUT2D eigenvalue weighted by Crippen LogP contribution is 2.26. The summed E-state index contributed by atoms with van der Waals surface area (Å²) in [5.41, 5.74) is 0.479. The zero-order chi connectivity index (χ0) is 15.6. The molecule has 1 aromatic rings. The largest absolute Gasteiger partial charge is 0.495 e. The average Bonchev–Trinajstić information content (AvgIpc) is 2.36. The molecule has 1 aromatic carbocycles. The number of primary sulfonamides is 1. The monoisotopic (exact) mass is 322 g/mol. The third kappa shape index (κ3) is 4.17. The number of benzene rings is 1. The maximum atomic E-state index is 11.5. The summed E-state index contributed by atoms with van der Waals surface area (Å²) in [7, 11) is -6.02. The molecule has 0 radical (unpaired) electrons. The number of nitrogens with two attached hydrogens (primary N) is 1. The molecule has 0 amide bonds. The van der Waals surface area contributed by atoms with Gasteiger partial charge in [0.1, 0.15) is 10.6 Å². The van der Waals surface area contributed by atoms with Gasteiger partial charge in [-0.25, -0.2) is 26.7 Å². The van der Waals surface area contributed by atoms with E-state index in [4.69, 9.17) is 9.88 Å². The van der Waals surface area contributed by atoms with E-state index < -0.39 is 26.1 Å². The fourth-order valence-electron chi connectivity index (χ4n) is 1.61. The third-order valence-electron chi connectivity index (χ3n) is 2.73. The van der Waals surface area contributed by atoms with E-state index in [-0.39, 0.29) is 16.4 Å². The Labute approximate surface area is 119 Å². The first-order valence-electron chi connectivity index (χ1n) is 5.81. The zero-order valence-electron chi connectivity index (χ0n) is 11.5. The molecule has 9 heteroatoms. The number of hydrogen-bond acceptors (Lipinski definition) is 5. The topological polar surface area (TPSA) is 116 Å². The molecule has 0 heterocycles. The van der Waals surface area contributed by atoms with Gasteiger partial charge in [-0.1, -0.05) is 6.07 Å². The van der Waals surface area contributed by atoms with Gasteiger partial charge in [-0.3, -0.25) is 0 Å². The number of hydrogen-bond donors (Lipinski definition) is 2. The molecule has 1 atom stereocenters. The molecule has 0 bridgehead atoms. The quantitative estimate of drug-likeness (QED) is 0.783. The number of methoxy groups -OCH3 is 1. The zero-order valence-corrected chi connectivity index (χ0v) is 13.1. The second-order valence-electron chi connectivity index (χ2n) is 4.20. The predicted octanol–water partition coefficient (Wildman–Crippen LogP) is 0.343. The normalized spacial score (nSPS) is 14.0. The number of ether oxygens (including phenoxy) is 1. The lowest BCUT2D eigenvalue weighted by Gasteiger charge is -2.16. The van der Waals surface area contributed by atoms with Crippen molar-refractivity contribution in [2.45, 2.75) is 24.8 Å². The van der Waals surface area contributed by atoms with Gasteiger partial charge in [0.15, 0.2) is 0 Å². The van der Waals surface area contributed by atoms with Crippen molar-refractivity contribution >= 4 is 20.0 Å². The fraction of sp³-hybridized carbons (Fsp3) is 0.455. The van der Waals surface area contributed by atoms with Crippen LogP contribution in [0, 0.1) is 0 Å². The van der Waals surface area contributed by atoms with E-state index in [0.717, 1.165) is 0 Å². The average molecular weight is 322 g/mol. The van der Waals surface area contributed by atoms with Crippen LogP contribution in [0.2, 0.25) is 0 Å². The van der Waals surface area contributed by atoms with E-state index in [1.165, 1.54) is 26.2 Å². The highest BCUT2D eigenvalue weighted by Gasteiger charge is 2.19. The summed E-state index contributed by atoms with van der Waals surface area (Å²) in [5, 5.41) is 5.11. The van der Waals surface area contributed by atoms with Crippen LogP contribution in [-0.4, -0.2) is 29.7 Å². The molecule has 0 fully saturated rings. The van der Waals surface area contributed by atoms with Gasteiger partial charge >= 0.3 is 0 Å². The van der Waals surface area contributed by atoms with Crippen LogP contribution in [0.15, 0.2) is 23.1 Å². The molecule has 0 aliphatic rings. The Morgan fingerprint density at radius 2 is 1.90 bits per heavy atom. The second kappa shape index (κ2) is 6.08. The van der Waals surface area contributed by atoms with Gasteiger partial charge in [0.2, 0.25) is 20.0 Å². The summed E-state index contributed by atoms with van der Waals surface area (Å²) in [6, 6.07) is 3.74. The summed E-state index contributed by atoms with van der Waals surface area (Å²) in [6.45, 7) is 3.13. The van der Waals surface area contributed by atoms with Crippen LogP contribution in [0.1, 0.15) is 25.5 Å². The maximum Gasteiger partial charge on any atom is 0.241 e. The summed E-state index contributed by atoms with van der Waals surface area (Å²) >= 11 is 0. The molecule has 3 N–H and O–H groups in total. The van der Waals surface area contributed by atoms with Crippen LogP contribution in [0.4, 0.5) is 0 Å². The van der Waals surface area contributed by atoms with E-state index in [2.05, 4.69) is 4.72 Å². The van der Waals surface area contributed by atoms with Crippen molar-refractivity contribution in [1.82, 2.24) is 4.72 Å². The Balaban J connectivity index is 3.22. The predicted molar refractivity (Wildman–Crippen MR) is 75.4 cm³/mol. The van der Waals surface area contributed by atoms with Crippen molar-refractivity contribution in [1.29, 1.82) is 0 Å². The van der Waals surface area contributed by atoms with Crippen LogP contribution in [0.3, 0.4) is 0 Å². The third-order valence-corrected chi connectivity index (χ3v) is 5.14. The lowest BCUT2D eigenvalue weighted by Crippen LogP contribution is -2.28. The maximum absolute atomic E-state index is 11.5. The van der Waals surface area contributed by atoms with E-state index >= 15 is 0 Å². The minimum atomic E-state index is -3.95. The van der Waals surface area contributed by atoms with Crippen molar-refractivity contribution < 1.29 is 21.6 Å². The highest BCUT2D eigenvalue weighted by atomic mass is 32.2. The number of sulfonamides is 2. The summed E-state index contributed by atoms with van der Waals surface area (Å²) < 4.78 is 53.4.